The molecule has 1 aliphatic rings. The van der Waals surface area contributed by atoms with E-state index >= 15 is 0 Å². The molecule has 0 aliphatic carbocycles. The van der Waals surface area contributed by atoms with Gasteiger partial charge in [0.25, 0.3) is 10.0 Å². The summed E-state index contributed by atoms with van der Waals surface area (Å²) >= 11 is 0. The first kappa shape index (κ1) is 17.2. The monoisotopic (exact) mass is 384 g/mol. The minimum Gasteiger partial charge on any atom is -0.349 e. The number of nitrogens with zero attached hydrogens (tertiary/aromatic N) is 4. The second-order valence-electron chi connectivity index (χ2n) is 5.90. The number of pyridine rings is 1. The Morgan fingerprint density at radius 1 is 1.15 bits per heavy atom. The molecule has 0 saturated heterocycles. The predicted molar refractivity (Wildman–Crippen MR) is 97.6 cm³/mol. The van der Waals surface area contributed by atoms with Crippen molar-refractivity contribution in [1.29, 1.82) is 0 Å². The number of amidine groups is 1. The number of aliphatic imine (C=N–C) groups is 1. The minimum atomic E-state index is -3.57. The lowest BCUT2D eigenvalue weighted by Crippen LogP contribution is -2.25. The third-order valence-corrected chi connectivity index (χ3v) is 5.50. The molecule has 0 unspecified atom stereocenters. The van der Waals surface area contributed by atoms with Crippen LogP contribution in [0.15, 0.2) is 58.5 Å². The first-order valence-corrected chi connectivity index (χ1v) is 9.75. The second kappa shape index (κ2) is 6.80. The van der Waals surface area contributed by atoms with E-state index in [-0.39, 0.29) is 36.1 Å². The van der Waals surface area contributed by atoms with Gasteiger partial charge in [-0.25, -0.2) is 8.42 Å². The fraction of sp³-hybridized carbons (Fsp3) is 0.176. The van der Waals surface area contributed by atoms with Gasteiger partial charge < -0.3 is 5.32 Å². The van der Waals surface area contributed by atoms with Crippen LogP contribution >= 0.6 is 0 Å². The number of amides is 1. The highest BCUT2D eigenvalue weighted by atomic mass is 32.2. The third kappa shape index (κ3) is 3.38. The van der Waals surface area contributed by atoms with Crippen LogP contribution in [0.4, 0.5) is 0 Å². The lowest BCUT2D eigenvalue weighted by molar-refractivity contribution is -0.121. The Bertz CT molecular complexity index is 1150. The molecule has 10 heteroatoms. The number of rotatable bonds is 5. The molecule has 0 fully saturated rings. The van der Waals surface area contributed by atoms with Crippen LogP contribution in [0.2, 0.25) is 0 Å². The Balaban J connectivity index is 1.36. The Morgan fingerprint density at radius 2 is 1.96 bits per heavy atom. The van der Waals surface area contributed by atoms with Crippen molar-refractivity contribution in [3.8, 4) is 0 Å². The molecule has 1 aromatic carbocycles. The Labute approximate surface area is 155 Å². The van der Waals surface area contributed by atoms with E-state index in [1.165, 1.54) is 6.07 Å². The zero-order chi connectivity index (χ0) is 18.9. The fourth-order valence-electron chi connectivity index (χ4n) is 2.80. The van der Waals surface area contributed by atoms with Crippen molar-refractivity contribution in [1.82, 2.24) is 24.6 Å². The molecule has 3 aromatic rings. The van der Waals surface area contributed by atoms with Gasteiger partial charge >= 0.3 is 0 Å². The Morgan fingerprint density at radius 3 is 2.85 bits per heavy atom. The average molecular weight is 384 g/mol. The molecule has 2 aromatic heterocycles. The summed E-state index contributed by atoms with van der Waals surface area (Å²) < 4.78 is 28.2. The maximum absolute atomic E-state index is 12.0. The summed E-state index contributed by atoms with van der Waals surface area (Å²) in [7, 11) is -3.57. The van der Waals surface area contributed by atoms with Crippen molar-refractivity contribution in [3.63, 3.8) is 0 Å². The molecule has 0 saturated carbocycles. The van der Waals surface area contributed by atoms with E-state index in [1.54, 1.807) is 22.6 Å². The van der Waals surface area contributed by atoms with E-state index in [0.29, 0.717) is 17.0 Å². The number of fused-ring (bicyclic) bond motifs is 2. The molecule has 138 valence electrons. The van der Waals surface area contributed by atoms with Gasteiger partial charge in [-0.05, 0) is 24.3 Å². The summed E-state index contributed by atoms with van der Waals surface area (Å²) in [5.74, 6) is 0.686. The van der Waals surface area contributed by atoms with Crippen LogP contribution in [-0.2, 0) is 21.4 Å². The first-order valence-electron chi connectivity index (χ1n) is 8.26. The summed E-state index contributed by atoms with van der Waals surface area (Å²) in [6.07, 6.45) is 1.95. The summed E-state index contributed by atoms with van der Waals surface area (Å²) in [5, 5.41) is 10.8. The smallest absolute Gasteiger partial charge is 0.263 e. The molecule has 0 spiro atoms. The van der Waals surface area contributed by atoms with Gasteiger partial charge in [-0.15, -0.1) is 10.2 Å². The quantitative estimate of drug-likeness (QED) is 0.663. The fourth-order valence-corrected chi connectivity index (χ4v) is 4.05. The summed E-state index contributed by atoms with van der Waals surface area (Å²) in [4.78, 5) is 16.5. The van der Waals surface area contributed by atoms with Gasteiger partial charge in [-0.1, -0.05) is 18.2 Å². The van der Waals surface area contributed by atoms with Gasteiger partial charge in [0.15, 0.2) is 11.5 Å². The Hall–Kier alpha value is -3.27. The predicted octanol–water partition coefficient (Wildman–Crippen LogP) is 0.474. The van der Waals surface area contributed by atoms with Crippen LogP contribution in [0, 0.1) is 0 Å². The molecule has 9 nitrogen and oxygen atoms in total. The van der Waals surface area contributed by atoms with E-state index < -0.39 is 10.0 Å². The lowest BCUT2D eigenvalue weighted by atomic mass is 10.2. The molecule has 1 amide bonds. The van der Waals surface area contributed by atoms with Crippen LogP contribution in [0.25, 0.3) is 5.65 Å². The van der Waals surface area contributed by atoms with Gasteiger partial charge in [0.2, 0.25) is 5.91 Å². The van der Waals surface area contributed by atoms with Crippen molar-refractivity contribution in [2.75, 3.05) is 6.54 Å². The maximum atomic E-state index is 12.0. The van der Waals surface area contributed by atoms with E-state index in [0.717, 1.165) is 0 Å². The van der Waals surface area contributed by atoms with Gasteiger partial charge in [0.05, 0.1) is 18.0 Å². The standard InChI is InChI=1S/C17H16N6O3S/c24-16(19-11-15-21-20-14-7-3-4-10-23(14)15)8-9-18-17-12-5-1-2-6-13(12)27(25,26)22-17/h1-7,10H,8-9,11H2,(H,18,22)(H,19,24). The van der Waals surface area contributed by atoms with Gasteiger partial charge in [-0.3, -0.25) is 18.9 Å². The van der Waals surface area contributed by atoms with Crippen molar-refractivity contribution in [3.05, 3.63) is 60.0 Å². The molecule has 4 rings (SSSR count). The largest absolute Gasteiger partial charge is 0.349 e. The number of hydrogen-bond acceptors (Lipinski definition) is 6. The molecule has 3 heterocycles. The SMILES string of the molecule is O=C(CCN=C1NS(=O)(=O)c2ccccc21)NCc1nnc2ccccn12. The minimum absolute atomic E-state index is 0.129. The van der Waals surface area contributed by atoms with Crippen molar-refractivity contribution < 1.29 is 13.2 Å². The van der Waals surface area contributed by atoms with Crippen LogP contribution in [0.1, 0.15) is 17.8 Å². The van der Waals surface area contributed by atoms with Crippen LogP contribution in [0.5, 0.6) is 0 Å². The number of sulfonamides is 1. The average Bonchev–Trinajstić information content (AvgIpc) is 3.19. The number of hydrogen-bond donors (Lipinski definition) is 2. The van der Waals surface area contributed by atoms with Crippen molar-refractivity contribution in [2.24, 2.45) is 4.99 Å². The molecular weight excluding hydrogens is 368 g/mol. The van der Waals surface area contributed by atoms with E-state index in [2.05, 4.69) is 25.2 Å². The van der Waals surface area contributed by atoms with Crippen LogP contribution < -0.4 is 10.0 Å². The zero-order valence-corrected chi connectivity index (χ0v) is 15.0. The normalized spacial score (nSPS) is 16.2. The summed E-state index contributed by atoms with van der Waals surface area (Å²) in [6, 6.07) is 12.2. The summed E-state index contributed by atoms with van der Waals surface area (Å²) in [5.41, 5.74) is 1.23. The maximum Gasteiger partial charge on any atom is 0.263 e. The Kier molecular flexibility index (Phi) is 4.32. The van der Waals surface area contributed by atoms with E-state index in [4.69, 9.17) is 0 Å². The highest BCUT2D eigenvalue weighted by Gasteiger charge is 2.29. The van der Waals surface area contributed by atoms with E-state index in [1.807, 2.05) is 24.4 Å². The molecule has 27 heavy (non-hydrogen) atoms. The molecule has 0 atom stereocenters. The van der Waals surface area contributed by atoms with Gasteiger partial charge in [0.1, 0.15) is 5.84 Å². The number of nitrogens with one attached hydrogen (secondary N) is 2. The molecule has 2 N–H and O–H groups in total. The van der Waals surface area contributed by atoms with Gasteiger partial charge in [0, 0.05) is 18.2 Å². The highest BCUT2D eigenvalue weighted by molar-refractivity contribution is 7.90. The molecular formula is C17H16N6O3S. The highest BCUT2D eigenvalue weighted by Crippen LogP contribution is 2.22. The number of carbonyl (C=O) groups is 1. The number of benzene rings is 1. The van der Waals surface area contributed by atoms with E-state index in [9.17, 15) is 13.2 Å². The van der Waals surface area contributed by atoms with Gasteiger partial charge in [-0.2, -0.15) is 0 Å². The van der Waals surface area contributed by atoms with Crippen molar-refractivity contribution >= 4 is 27.4 Å². The zero-order valence-electron chi connectivity index (χ0n) is 14.2. The molecule has 0 radical (unpaired) electrons. The topological polar surface area (TPSA) is 118 Å². The van der Waals surface area contributed by atoms with Crippen molar-refractivity contribution in [2.45, 2.75) is 17.9 Å². The number of aromatic nitrogens is 3. The van der Waals surface area contributed by atoms with Crippen LogP contribution in [0.3, 0.4) is 0 Å². The molecule has 0 bridgehead atoms. The molecule has 1 aliphatic heterocycles. The third-order valence-electron chi connectivity index (χ3n) is 4.10. The second-order valence-corrected chi connectivity index (χ2v) is 7.55. The lowest BCUT2D eigenvalue weighted by Gasteiger charge is -2.03. The van der Waals surface area contributed by atoms with Crippen LogP contribution in [-0.4, -0.2) is 41.3 Å². The summed E-state index contributed by atoms with van der Waals surface area (Å²) in [6.45, 7) is 0.411. The first-order chi connectivity index (χ1) is 13.0. The number of carbonyl (C=O) groups excluding carboxylic acids is 1.